The van der Waals surface area contributed by atoms with Crippen molar-refractivity contribution in [1.29, 1.82) is 0 Å². The molecule has 0 atom stereocenters. The van der Waals surface area contributed by atoms with E-state index in [2.05, 4.69) is 4.18 Å². The zero-order chi connectivity index (χ0) is 21.8. The molecule has 2 aromatic carbocycles. The van der Waals surface area contributed by atoms with Crippen LogP contribution in [0.15, 0.2) is 48.0 Å². The van der Waals surface area contributed by atoms with Gasteiger partial charge in [0, 0.05) is 11.1 Å². The largest absolute Gasteiger partial charge is 0.534 e. The van der Waals surface area contributed by atoms with Gasteiger partial charge < -0.3 is 9.29 Å². The number of rotatable bonds is 7. The van der Waals surface area contributed by atoms with E-state index in [1.165, 1.54) is 24.3 Å². The van der Waals surface area contributed by atoms with Gasteiger partial charge in [-0.3, -0.25) is 4.79 Å². The molecule has 29 heavy (non-hydrogen) atoms. The monoisotopic (exact) mass is 428 g/mol. The summed E-state index contributed by atoms with van der Waals surface area (Å²) in [4.78, 5) is 22.3. The molecule has 0 aliphatic carbocycles. The van der Waals surface area contributed by atoms with Crippen LogP contribution in [0.3, 0.4) is 0 Å². The lowest BCUT2D eigenvalue weighted by Crippen LogP contribution is -2.28. The molecular formula is C19H15F3O6S. The first-order chi connectivity index (χ1) is 13.5. The lowest BCUT2D eigenvalue weighted by atomic mass is 9.96. The van der Waals surface area contributed by atoms with Crippen LogP contribution in [0.2, 0.25) is 0 Å². The molecule has 0 saturated carbocycles. The Morgan fingerprint density at radius 3 is 2.41 bits per heavy atom. The van der Waals surface area contributed by atoms with Gasteiger partial charge in [0.05, 0.1) is 0 Å². The fourth-order valence-corrected chi connectivity index (χ4v) is 2.88. The molecule has 0 radical (unpaired) electrons. The highest BCUT2D eigenvalue weighted by atomic mass is 32.2. The Labute approximate surface area is 164 Å². The van der Waals surface area contributed by atoms with Crippen LogP contribution in [0.25, 0.3) is 17.2 Å². The number of aldehydes is 1. The summed E-state index contributed by atoms with van der Waals surface area (Å²) in [6.45, 7) is 1.57. The summed E-state index contributed by atoms with van der Waals surface area (Å²) in [5.41, 5.74) is -4.39. The van der Waals surface area contributed by atoms with Crippen molar-refractivity contribution in [1.82, 2.24) is 0 Å². The van der Waals surface area contributed by atoms with Crippen LogP contribution in [-0.4, -0.2) is 31.3 Å². The van der Waals surface area contributed by atoms with Gasteiger partial charge in [0.25, 0.3) is 0 Å². The quantitative estimate of drug-likeness (QED) is 0.306. The summed E-state index contributed by atoms with van der Waals surface area (Å²) >= 11 is 0. The van der Waals surface area contributed by atoms with Crippen LogP contribution in [0.4, 0.5) is 13.2 Å². The molecule has 0 saturated heterocycles. The highest BCUT2D eigenvalue weighted by Crippen LogP contribution is 2.33. The Hall–Kier alpha value is -3.14. The van der Waals surface area contributed by atoms with E-state index in [-0.39, 0.29) is 17.6 Å². The molecular weight excluding hydrogens is 413 g/mol. The van der Waals surface area contributed by atoms with E-state index in [0.29, 0.717) is 23.0 Å². The Morgan fingerprint density at radius 1 is 1.17 bits per heavy atom. The zero-order valence-corrected chi connectivity index (χ0v) is 15.8. The van der Waals surface area contributed by atoms with E-state index in [4.69, 9.17) is 0 Å². The predicted molar refractivity (Wildman–Crippen MR) is 98.8 cm³/mol. The fraction of sp³-hybridized carbons (Fsp3) is 0.158. The van der Waals surface area contributed by atoms with Gasteiger partial charge >= 0.3 is 21.6 Å². The van der Waals surface area contributed by atoms with E-state index < -0.39 is 27.3 Å². The van der Waals surface area contributed by atoms with Crippen molar-refractivity contribution < 1.29 is 40.5 Å². The minimum absolute atomic E-state index is 0.0615. The minimum atomic E-state index is -5.89. The smallest absolute Gasteiger partial charge is 0.478 e. The van der Waals surface area contributed by atoms with Crippen LogP contribution in [0.5, 0.6) is 5.75 Å². The van der Waals surface area contributed by atoms with Crippen LogP contribution in [0, 0.1) is 0 Å². The topological polar surface area (TPSA) is 97.7 Å². The van der Waals surface area contributed by atoms with Gasteiger partial charge in [-0.2, -0.15) is 21.6 Å². The number of halogens is 3. The third-order valence-electron chi connectivity index (χ3n) is 3.83. The van der Waals surface area contributed by atoms with E-state index in [1.54, 1.807) is 19.1 Å². The maximum atomic E-state index is 12.6. The van der Waals surface area contributed by atoms with Crippen molar-refractivity contribution in [2.24, 2.45) is 0 Å². The molecule has 154 valence electrons. The van der Waals surface area contributed by atoms with E-state index in [9.17, 15) is 36.3 Å². The Morgan fingerprint density at radius 2 is 1.86 bits per heavy atom. The van der Waals surface area contributed by atoms with Gasteiger partial charge in [-0.15, -0.1) is 0 Å². The second-order valence-electron chi connectivity index (χ2n) is 5.80. The lowest BCUT2D eigenvalue weighted by Gasteiger charge is -2.13. The van der Waals surface area contributed by atoms with Crippen LogP contribution in [0.1, 0.15) is 29.3 Å². The molecule has 0 bridgehead atoms. The van der Waals surface area contributed by atoms with Crippen molar-refractivity contribution in [2.75, 3.05) is 0 Å². The minimum Gasteiger partial charge on any atom is -0.478 e. The van der Waals surface area contributed by atoms with Gasteiger partial charge in [0.15, 0.2) is 0 Å². The van der Waals surface area contributed by atoms with Crippen molar-refractivity contribution >= 4 is 28.4 Å². The molecule has 10 heteroatoms. The summed E-state index contributed by atoms with van der Waals surface area (Å²) in [7, 11) is -5.89. The molecule has 0 unspecified atom stereocenters. The summed E-state index contributed by atoms with van der Waals surface area (Å²) in [6.07, 6.45) is 1.91. The Balaban J connectivity index is 2.65. The number of carboxylic acids is 1. The van der Waals surface area contributed by atoms with Crippen molar-refractivity contribution in [3.63, 3.8) is 0 Å². The Bertz CT molecular complexity index is 1070. The summed E-state index contributed by atoms with van der Waals surface area (Å²) in [5, 5.41) is 9.25. The molecule has 0 fully saturated rings. The van der Waals surface area contributed by atoms with Gasteiger partial charge in [-0.25, -0.2) is 4.79 Å². The fourth-order valence-electron chi connectivity index (χ4n) is 2.43. The number of carboxylic acid groups (broad SMARTS) is 1. The van der Waals surface area contributed by atoms with Gasteiger partial charge in [0.2, 0.25) is 0 Å². The normalized spacial score (nSPS) is 12.5. The molecule has 0 aromatic heterocycles. The first-order valence-corrected chi connectivity index (χ1v) is 9.53. The molecule has 0 heterocycles. The molecule has 2 aromatic rings. The van der Waals surface area contributed by atoms with Gasteiger partial charge in [-0.05, 0) is 47.4 Å². The van der Waals surface area contributed by atoms with Crippen molar-refractivity contribution in [3.8, 4) is 16.9 Å². The number of benzene rings is 2. The standard InChI is InChI=1S/C19H15F3O6S/c1-2-13(18(24)25)9-15-10-16(28-29(26,27)19(20,21)22)6-7-17(15)14-5-3-4-12(8-14)11-23/h3-11H,2H2,1H3,(H,24,25). The van der Waals surface area contributed by atoms with Crippen molar-refractivity contribution in [3.05, 3.63) is 59.2 Å². The maximum Gasteiger partial charge on any atom is 0.534 e. The molecule has 0 amide bonds. The number of carbonyl (C=O) groups is 2. The molecule has 0 spiro atoms. The van der Waals surface area contributed by atoms with Crippen molar-refractivity contribution in [2.45, 2.75) is 18.9 Å². The first kappa shape index (κ1) is 22.2. The number of carbonyl (C=O) groups excluding carboxylic acids is 1. The lowest BCUT2D eigenvalue weighted by molar-refractivity contribution is -0.132. The zero-order valence-electron chi connectivity index (χ0n) is 14.9. The number of hydrogen-bond donors (Lipinski definition) is 1. The van der Waals surface area contributed by atoms with Crippen LogP contribution >= 0.6 is 0 Å². The molecule has 0 aliphatic rings. The highest BCUT2D eigenvalue weighted by Gasteiger charge is 2.48. The van der Waals surface area contributed by atoms with E-state index in [1.807, 2.05) is 0 Å². The third-order valence-corrected chi connectivity index (χ3v) is 4.81. The second-order valence-corrected chi connectivity index (χ2v) is 7.34. The summed E-state index contributed by atoms with van der Waals surface area (Å²) in [6, 6.07) is 9.50. The van der Waals surface area contributed by atoms with Gasteiger partial charge in [0.1, 0.15) is 12.0 Å². The molecule has 1 N–H and O–H groups in total. The van der Waals surface area contributed by atoms with Crippen LogP contribution < -0.4 is 4.18 Å². The van der Waals surface area contributed by atoms with E-state index in [0.717, 1.165) is 12.1 Å². The number of aliphatic carboxylic acids is 1. The average molecular weight is 428 g/mol. The number of hydrogen-bond acceptors (Lipinski definition) is 5. The molecule has 6 nitrogen and oxygen atoms in total. The highest BCUT2D eigenvalue weighted by molar-refractivity contribution is 7.88. The van der Waals surface area contributed by atoms with Gasteiger partial charge in [-0.1, -0.05) is 31.2 Å². The Kier molecular flexibility index (Phi) is 6.48. The summed E-state index contributed by atoms with van der Waals surface area (Å²) in [5.74, 6) is -1.88. The number of alkyl halides is 3. The van der Waals surface area contributed by atoms with Crippen LogP contribution in [-0.2, 0) is 14.9 Å². The molecule has 0 aliphatic heterocycles. The second kappa shape index (κ2) is 8.48. The maximum absolute atomic E-state index is 12.6. The molecule has 2 rings (SSSR count). The third kappa shape index (κ3) is 5.23. The first-order valence-electron chi connectivity index (χ1n) is 8.12. The predicted octanol–water partition coefficient (Wildman–Crippen LogP) is 4.27. The average Bonchev–Trinajstić information content (AvgIpc) is 2.64. The van der Waals surface area contributed by atoms with E-state index >= 15 is 0 Å². The summed E-state index contributed by atoms with van der Waals surface area (Å²) < 4.78 is 64.4. The SMILES string of the molecule is CCC(=Cc1cc(OS(=O)(=O)C(F)(F)F)ccc1-c1cccc(C=O)c1)C(=O)O.